The molecule has 0 atom stereocenters. The molecule has 0 saturated carbocycles. The van der Waals surface area contributed by atoms with Crippen molar-refractivity contribution in [3.8, 4) is 0 Å². The summed E-state index contributed by atoms with van der Waals surface area (Å²) in [5.41, 5.74) is 7.23. The first-order chi connectivity index (χ1) is 6.68. The van der Waals surface area contributed by atoms with E-state index in [0.717, 1.165) is 13.0 Å². The predicted octanol–water partition coefficient (Wildman–Crippen LogP) is 1.80. The smallest absolute Gasteiger partial charge is 0.188 e. The lowest BCUT2D eigenvalue weighted by Crippen LogP contribution is -2.36. The van der Waals surface area contributed by atoms with Crippen molar-refractivity contribution in [3.63, 3.8) is 0 Å². The Balaban J connectivity index is 2.18. The third-order valence-electron chi connectivity index (χ3n) is 2.29. The van der Waals surface area contributed by atoms with Crippen LogP contribution in [0.3, 0.4) is 0 Å². The van der Waals surface area contributed by atoms with E-state index in [9.17, 15) is 0 Å². The molecule has 0 amide bonds. The highest BCUT2D eigenvalue weighted by molar-refractivity contribution is 5.78. The van der Waals surface area contributed by atoms with Gasteiger partial charge in [-0.25, -0.2) is 0 Å². The molecule has 0 saturated heterocycles. The zero-order chi connectivity index (χ0) is 10.4. The van der Waals surface area contributed by atoms with Gasteiger partial charge in [-0.15, -0.1) is 0 Å². The number of aliphatic imine (C=N–C) groups is 1. The van der Waals surface area contributed by atoms with E-state index in [1.807, 2.05) is 0 Å². The van der Waals surface area contributed by atoms with Crippen LogP contribution < -0.4 is 11.1 Å². The van der Waals surface area contributed by atoms with Crippen molar-refractivity contribution in [2.75, 3.05) is 6.54 Å². The van der Waals surface area contributed by atoms with Crippen molar-refractivity contribution in [1.82, 2.24) is 5.32 Å². The van der Waals surface area contributed by atoms with Gasteiger partial charge in [0.05, 0.1) is 0 Å². The number of hydrogen-bond acceptors (Lipinski definition) is 1. The van der Waals surface area contributed by atoms with Crippen LogP contribution in [0, 0.1) is 0 Å². The van der Waals surface area contributed by atoms with Gasteiger partial charge >= 0.3 is 0 Å². The van der Waals surface area contributed by atoms with E-state index in [-0.39, 0.29) is 0 Å². The van der Waals surface area contributed by atoms with Gasteiger partial charge in [-0.05, 0) is 39.5 Å². The van der Waals surface area contributed by atoms with Crippen LogP contribution in [0.1, 0.15) is 39.5 Å². The standard InChI is InChI=1S/C11H21N3/c1-9(2)14-11(12)13-8-7-10-5-3-4-6-10/h5,9H,3-4,6-8H2,1-2H3,(H3,12,13,14). The highest BCUT2D eigenvalue weighted by atomic mass is 15.1. The van der Waals surface area contributed by atoms with Gasteiger partial charge in [0.1, 0.15) is 0 Å². The normalized spacial score (nSPS) is 17.4. The minimum Gasteiger partial charge on any atom is -0.370 e. The average molecular weight is 195 g/mol. The van der Waals surface area contributed by atoms with E-state index < -0.39 is 0 Å². The molecule has 0 radical (unpaired) electrons. The number of nitrogens with zero attached hydrogens (tertiary/aromatic N) is 1. The zero-order valence-corrected chi connectivity index (χ0v) is 9.21. The van der Waals surface area contributed by atoms with Crippen LogP contribution in [0.15, 0.2) is 16.6 Å². The zero-order valence-electron chi connectivity index (χ0n) is 9.21. The van der Waals surface area contributed by atoms with Crippen LogP contribution in [0.5, 0.6) is 0 Å². The number of hydrogen-bond donors (Lipinski definition) is 2. The van der Waals surface area contributed by atoms with Crippen molar-refractivity contribution in [1.29, 1.82) is 0 Å². The second-order valence-electron chi connectivity index (χ2n) is 4.07. The molecule has 1 aliphatic rings. The first-order valence-corrected chi connectivity index (χ1v) is 5.43. The number of guanidine groups is 1. The van der Waals surface area contributed by atoms with Crippen LogP contribution in [0.25, 0.3) is 0 Å². The lowest BCUT2D eigenvalue weighted by atomic mass is 10.2. The summed E-state index contributed by atoms with van der Waals surface area (Å²) in [5, 5.41) is 3.08. The van der Waals surface area contributed by atoms with Gasteiger partial charge < -0.3 is 11.1 Å². The van der Waals surface area contributed by atoms with E-state index in [2.05, 4.69) is 30.2 Å². The Bertz CT molecular complexity index is 229. The Hall–Kier alpha value is -0.990. The average Bonchev–Trinajstić information content (AvgIpc) is 2.55. The lowest BCUT2D eigenvalue weighted by Gasteiger charge is -2.08. The highest BCUT2D eigenvalue weighted by Gasteiger charge is 2.03. The second-order valence-corrected chi connectivity index (χ2v) is 4.07. The van der Waals surface area contributed by atoms with Gasteiger partial charge in [0.2, 0.25) is 0 Å². The maximum Gasteiger partial charge on any atom is 0.188 e. The number of nitrogens with one attached hydrogen (secondary N) is 1. The monoisotopic (exact) mass is 195 g/mol. The molecule has 0 bridgehead atoms. The third-order valence-corrected chi connectivity index (χ3v) is 2.29. The third kappa shape index (κ3) is 4.30. The van der Waals surface area contributed by atoms with Gasteiger partial charge in [-0.2, -0.15) is 0 Å². The Morgan fingerprint density at radius 1 is 1.64 bits per heavy atom. The molecule has 1 aliphatic carbocycles. The van der Waals surface area contributed by atoms with Gasteiger partial charge in [-0.3, -0.25) is 4.99 Å². The Morgan fingerprint density at radius 3 is 3.00 bits per heavy atom. The molecular formula is C11H21N3. The van der Waals surface area contributed by atoms with Gasteiger partial charge in [-0.1, -0.05) is 11.6 Å². The van der Waals surface area contributed by atoms with Crippen LogP contribution in [-0.2, 0) is 0 Å². The largest absolute Gasteiger partial charge is 0.370 e. The predicted molar refractivity (Wildman–Crippen MR) is 61.3 cm³/mol. The Labute approximate surface area is 86.5 Å². The van der Waals surface area contributed by atoms with Crippen molar-refractivity contribution in [3.05, 3.63) is 11.6 Å². The van der Waals surface area contributed by atoms with Crippen molar-refractivity contribution in [2.24, 2.45) is 10.7 Å². The van der Waals surface area contributed by atoms with E-state index >= 15 is 0 Å². The maximum atomic E-state index is 5.68. The summed E-state index contributed by atoms with van der Waals surface area (Å²) in [6.07, 6.45) is 7.23. The summed E-state index contributed by atoms with van der Waals surface area (Å²) in [7, 11) is 0. The van der Waals surface area contributed by atoms with Crippen LogP contribution in [0.4, 0.5) is 0 Å². The van der Waals surface area contributed by atoms with Gasteiger partial charge in [0, 0.05) is 12.6 Å². The molecule has 0 aromatic carbocycles. The van der Waals surface area contributed by atoms with Crippen molar-refractivity contribution in [2.45, 2.75) is 45.6 Å². The SMILES string of the molecule is CC(C)NC(N)=NCCC1=CCCC1. The summed E-state index contributed by atoms with van der Waals surface area (Å²) < 4.78 is 0. The summed E-state index contributed by atoms with van der Waals surface area (Å²) in [5.74, 6) is 0.568. The number of allylic oxidation sites excluding steroid dienone is 1. The quantitative estimate of drug-likeness (QED) is 0.408. The topological polar surface area (TPSA) is 50.4 Å². The molecule has 14 heavy (non-hydrogen) atoms. The van der Waals surface area contributed by atoms with E-state index in [1.165, 1.54) is 19.3 Å². The molecule has 0 fully saturated rings. The lowest BCUT2D eigenvalue weighted by molar-refractivity contribution is 0.722. The minimum atomic E-state index is 0.365. The molecule has 1 rings (SSSR count). The summed E-state index contributed by atoms with van der Waals surface area (Å²) in [6.45, 7) is 4.93. The molecule has 0 heterocycles. The molecule has 3 heteroatoms. The van der Waals surface area contributed by atoms with Gasteiger partial charge in [0.25, 0.3) is 0 Å². The van der Waals surface area contributed by atoms with E-state index in [4.69, 9.17) is 5.73 Å². The number of rotatable bonds is 4. The van der Waals surface area contributed by atoms with E-state index in [1.54, 1.807) is 5.57 Å². The summed E-state index contributed by atoms with van der Waals surface area (Å²) in [6, 6.07) is 0.365. The van der Waals surface area contributed by atoms with Crippen LogP contribution >= 0.6 is 0 Å². The van der Waals surface area contributed by atoms with Crippen LogP contribution in [-0.4, -0.2) is 18.5 Å². The maximum absolute atomic E-state index is 5.68. The first-order valence-electron chi connectivity index (χ1n) is 5.43. The van der Waals surface area contributed by atoms with Crippen molar-refractivity contribution >= 4 is 5.96 Å². The highest BCUT2D eigenvalue weighted by Crippen LogP contribution is 2.20. The molecule has 0 aromatic rings. The van der Waals surface area contributed by atoms with E-state index in [0.29, 0.717) is 12.0 Å². The Kier molecular flexibility index (Phi) is 4.50. The van der Waals surface area contributed by atoms with Crippen LogP contribution in [0.2, 0.25) is 0 Å². The second kappa shape index (κ2) is 5.68. The molecule has 80 valence electrons. The molecule has 3 nitrogen and oxygen atoms in total. The minimum absolute atomic E-state index is 0.365. The summed E-state index contributed by atoms with van der Waals surface area (Å²) >= 11 is 0. The fourth-order valence-corrected chi connectivity index (χ4v) is 1.63. The molecule has 0 spiro atoms. The Morgan fingerprint density at radius 2 is 2.43 bits per heavy atom. The molecule has 0 unspecified atom stereocenters. The fraction of sp³-hybridized carbons (Fsp3) is 0.727. The summed E-state index contributed by atoms with van der Waals surface area (Å²) in [4.78, 5) is 4.27. The van der Waals surface area contributed by atoms with Crippen molar-refractivity contribution < 1.29 is 0 Å². The first kappa shape index (κ1) is 11.1. The molecular weight excluding hydrogens is 174 g/mol. The number of nitrogens with two attached hydrogens (primary N) is 1. The fourth-order valence-electron chi connectivity index (χ4n) is 1.63. The van der Waals surface area contributed by atoms with Gasteiger partial charge in [0.15, 0.2) is 5.96 Å². The molecule has 0 aliphatic heterocycles. The molecule has 0 aromatic heterocycles. The molecule has 3 N–H and O–H groups in total.